The molecule has 0 spiro atoms. The third-order valence-electron chi connectivity index (χ3n) is 5.64. The number of fused-ring (bicyclic) bond motifs is 2. The molecule has 3 N–H and O–H groups in total. The molecule has 5 rings (SSSR count). The molecule has 5 heteroatoms. The normalized spacial score (nSPS) is 10.9. The van der Waals surface area contributed by atoms with E-state index in [4.69, 9.17) is 10.5 Å². The lowest BCUT2D eigenvalue weighted by molar-refractivity contribution is 0.155. The van der Waals surface area contributed by atoms with Crippen LogP contribution in [0.5, 0.6) is 0 Å². The highest BCUT2D eigenvalue weighted by Gasteiger charge is 2.18. The molecule has 0 bridgehead atoms. The Morgan fingerprint density at radius 2 is 1.48 bits per heavy atom. The number of hydrogen-bond acceptors (Lipinski definition) is 3. The average Bonchev–Trinajstić information content (AvgIpc) is 2.84. The topological polar surface area (TPSA) is 64.3 Å². The lowest BCUT2D eigenvalue weighted by Gasteiger charge is -2.18. The Morgan fingerprint density at radius 3 is 2.33 bits per heavy atom. The van der Waals surface area contributed by atoms with Crippen LogP contribution in [0, 0.1) is 0 Å². The molecule has 0 aromatic heterocycles. The molecule has 5 aromatic rings. The molecule has 0 aliphatic heterocycles. The molecule has 0 aliphatic carbocycles. The zero-order valence-electron chi connectivity index (χ0n) is 17.7. The van der Waals surface area contributed by atoms with Crippen molar-refractivity contribution in [1.29, 1.82) is 0 Å². The van der Waals surface area contributed by atoms with E-state index in [9.17, 15) is 4.79 Å². The lowest BCUT2D eigenvalue weighted by Crippen LogP contribution is -2.14. The van der Waals surface area contributed by atoms with Crippen LogP contribution >= 0.6 is 15.9 Å². The van der Waals surface area contributed by atoms with Crippen molar-refractivity contribution in [2.24, 2.45) is 0 Å². The van der Waals surface area contributed by atoms with E-state index in [2.05, 4.69) is 33.4 Å². The van der Waals surface area contributed by atoms with E-state index in [0.29, 0.717) is 11.4 Å². The van der Waals surface area contributed by atoms with Gasteiger partial charge in [0, 0.05) is 21.3 Å². The van der Waals surface area contributed by atoms with E-state index in [1.807, 2.05) is 84.9 Å². The molecule has 4 nitrogen and oxygen atoms in total. The summed E-state index contributed by atoms with van der Waals surface area (Å²) in [5.74, 6) is 0. The largest absolute Gasteiger partial charge is 0.444 e. The van der Waals surface area contributed by atoms with Gasteiger partial charge in [0.25, 0.3) is 0 Å². The minimum atomic E-state index is -0.518. The van der Waals surface area contributed by atoms with Gasteiger partial charge in [0.1, 0.15) is 6.61 Å². The van der Waals surface area contributed by atoms with E-state index in [0.717, 1.165) is 42.7 Å². The Kier molecular flexibility index (Phi) is 5.71. The third kappa shape index (κ3) is 4.28. The second-order valence-corrected chi connectivity index (χ2v) is 8.71. The SMILES string of the molecule is Nc1ccc2ccc(Br)cc2c1-c1c(NC(=O)OCc2ccccc2)ccc2ccccc12. The minimum Gasteiger partial charge on any atom is -0.444 e. The average molecular weight is 497 g/mol. The first kappa shape index (κ1) is 21.0. The first-order valence-corrected chi connectivity index (χ1v) is 11.4. The van der Waals surface area contributed by atoms with Gasteiger partial charge in [-0.3, -0.25) is 5.32 Å². The van der Waals surface area contributed by atoms with Crippen molar-refractivity contribution < 1.29 is 9.53 Å². The standard InChI is InChI=1S/C28H21BrN2O2/c29-21-13-10-20-11-14-24(30)26(23(20)16-21)27-22-9-5-4-8-19(22)12-15-25(27)31-28(32)33-17-18-6-2-1-3-7-18/h1-16H,17,30H2,(H,31,32). The summed E-state index contributed by atoms with van der Waals surface area (Å²) in [6.07, 6.45) is -0.518. The molecule has 0 unspecified atom stereocenters. The van der Waals surface area contributed by atoms with Crippen LogP contribution in [0.4, 0.5) is 16.2 Å². The van der Waals surface area contributed by atoms with Crippen molar-refractivity contribution in [3.05, 3.63) is 107 Å². The van der Waals surface area contributed by atoms with Crippen LogP contribution in [-0.4, -0.2) is 6.09 Å². The molecule has 0 fully saturated rings. The quantitative estimate of drug-likeness (QED) is 0.250. The number of nitrogens with two attached hydrogens (primary N) is 1. The summed E-state index contributed by atoms with van der Waals surface area (Å²) in [4.78, 5) is 12.7. The number of rotatable bonds is 4. The number of nitrogen functional groups attached to an aromatic ring is 1. The molecular formula is C28H21BrN2O2. The Labute approximate surface area is 200 Å². The predicted octanol–water partition coefficient (Wildman–Crippen LogP) is 7.75. The van der Waals surface area contributed by atoms with Gasteiger partial charge in [-0.1, -0.05) is 88.7 Å². The van der Waals surface area contributed by atoms with Crippen LogP contribution in [0.1, 0.15) is 5.56 Å². The van der Waals surface area contributed by atoms with Crippen molar-refractivity contribution in [3.63, 3.8) is 0 Å². The van der Waals surface area contributed by atoms with Gasteiger partial charge in [-0.2, -0.15) is 0 Å². The number of carbonyl (C=O) groups excluding carboxylic acids is 1. The highest BCUT2D eigenvalue weighted by atomic mass is 79.9. The summed E-state index contributed by atoms with van der Waals surface area (Å²) in [7, 11) is 0. The zero-order chi connectivity index (χ0) is 22.8. The number of hydrogen-bond donors (Lipinski definition) is 2. The second kappa shape index (κ2) is 8.96. The van der Waals surface area contributed by atoms with Gasteiger partial charge in [-0.15, -0.1) is 0 Å². The molecule has 5 aromatic carbocycles. The van der Waals surface area contributed by atoms with Gasteiger partial charge in [0.05, 0.1) is 5.69 Å². The molecule has 0 atom stereocenters. The molecule has 0 saturated heterocycles. The monoisotopic (exact) mass is 496 g/mol. The van der Waals surface area contributed by atoms with Gasteiger partial charge >= 0.3 is 6.09 Å². The van der Waals surface area contributed by atoms with E-state index >= 15 is 0 Å². The van der Waals surface area contributed by atoms with Gasteiger partial charge in [-0.05, 0) is 51.4 Å². The molecule has 1 amide bonds. The molecular weight excluding hydrogens is 476 g/mol. The maximum atomic E-state index is 12.7. The van der Waals surface area contributed by atoms with E-state index in [-0.39, 0.29) is 6.61 Å². The summed E-state index contributed by atoms with van der Waals surface area (Å²) in [6, 6.07) is 31.6. The highest BCUT2D eigenvalue weighted by molar-refractivity contribution is 9.10. The van der Waals surface area contributed by atoms with Gasteiger partial charge in [0.15, 0.2) is 0 Å². The van der Waals surface area contributed by atoms with Crippen molar-refractivity contribution in [2.45, 2.75) is 6.61 Å². The summed E-state index contributed by atoms with van der Waals surface area (Å²) < 4.78 is 6.44. The number of benzene rings is 5. The van der Waals surface area contributed by atoms with Crippen LogP contribution in [0.3, 0.4) is 0 Å². The number of ether oxygens (including phenoxy) is 1. The van der Waals surface area contributed by atoms with Crippen molar-refractivity contribution in [2.75, 3.05) is 11.1 Å². The summed E-state index contributed by atoms with van der Waals surface area (Å²) in [6.45, 7) is 0.193. The van der Waals surface area contributed by atoms with Gasteiger partial charge in [0.2, 0.25) is 0 Å². The van der Waals surface area contributed by atoms with Crippen LogP contribution in [0.15, 0.2) is 102 Å². The Balaban J connectivity index is 1.62. The zero-order valence-corrected chi connectivity index (χ0v) is 19.3. The lowest BCUT2D eigenvalue weighted by atomic mass is 9.91. The molecule has 0 aliphatic rings. The first-order valence-electron chi connectivity index (χ1n) is 10.6. The first-order chi connectivity index (χ1) is 16.1. The summed E-state index contributed by atoms with van der Waals surface area (Å²) >= 11 is 3.58. The summed E-state index contributed by atoms with van der Waals surface area (Å²) in [5, 5.41) is 7.07. The van der Waals surface area contributed by atoms with E-state index < -0.39 is 6.09 Å². The smallest absolute Gasteiger partial charge is 0.411 e. The van der Waals surface area contributed by atoms with Crippen molar-refractivity contribution >= 4 is 54.9 Å². The number of anilines is 2. The van der Waals surface area contributed by atoms with Crippen LogP contribution in [0.2, 0.25) is 0 Å². The second-order valence-electron chi connectivity index (χ2n) is 7.79. The van der Waals surface area contributed by atoms with Crippen molar-refractivity contribution in [3.8, 4) is 11.1 Å². The molecule has 33 heavy (non-hydrogen) atoms. The summed E-state index contributed by atoms with van der Waals surface area (Å²) in [5.41, 5.74) is 10.5. The number of nitrogens with one attached hydrogen (secondary N) is 1. The molecule has 162 valence electrons. The number of amides is 1. The van der Waals surface area contributed by atoms with Gasteiger partial charge in [-0.25, -0.2) is 4.79 Å². The Bertz CT molecular complexity index is 1480. The van der Waals surface area contributed by atoms with E-state index in [1.54, 1.807) is 0 Å². The Hall–Kier alpha value is -3.83. The van der Waals surface area contributed by atoms with Crippen LogP contribution in [0.25, 0.3) is 32.7 Å². The predicted molar refractivity (Wildman–Crippen MR) is 139 cm³/mol. The maximum Gasteiger partial charge on any atom is 0.411 e. The Morgan fingerprint density at radius 1 is 0.788 bits per heavy atom. The van der Waals surface area contributed by atoms with Crippen LogP contribution in [-0.2, 0) is 11.3 Å². The number of halogens is 1. The fourth-order valence-electron chi connectivity index (χ4n) is 4.10. The molecule has 0 heterocycles. The fourth-order valence-corrected chi connectivity index (χ4v) is 4.46. The molecule has 0 radical (unpaired) electrons. The van der Waals surface area contributed by atoms with Crippen molar-refractivity contribution in [1.82, 2.24) is 0 Å². The van der Waals surface area contributed by atoms with Crippen LogP contribution < -0.4 is 11.1 Å². The van der Waals surface area contributed by atoms with E-state index in [1.165, 1.54) is 0 Å². The third-order valence-corrected chi connectivity index (χ3v) is 6.14. The van der Waals surface area contributed by atoms with Gasteiger partial charge < -0.3 is 10.5 Å². The maximum absolute atomic E-state index is 12.7. The highest BCUT2D eigenvalue weighted by Crippen LogP contribution is 2.43. The fraction of sp³-hybridized carbons (Fsp3) is 0.0357. The minimum absolute atomic E-state index is 0.193. The molecule has 0 saturated carbocycles. The number of carbonyl (C=O) groups is 1.